The van der Waals surface area contributed by atoms with Gasteiger partial charge in [-0.1, -0.05) is 6.92 Å². The van der Waals surface area contributed by atoms with Gasteiger partial charge in [0.1, 0.15) is 23.6 Å². The van der Waals surface area contributed by atoms with Crippen LogP contribution >= 0.6 is 0 Å². The summed E-state index contributed by atoms with van der Waals surface area (Å²) < 4.78 is 48.0. The molecule has 2 fully saturated rings. The minimum absolute atomic E-state index is 0. The van der Waals surface area contributed by atoms with Gasteiger partial charge in [0.2, 0.25) is 0 Å². The molecule has 170 valence electrons. The van der Waals surface area contributed by atoms with Crippen LogP contribution in [0.5, 0.6) is 0 Å². The number of ether oxygens (including phenoxy) is 4. The summed E-state index contributed by atoms with van der Waals surface area (Å²) in [5.74, 6) is -0.483. The summed E-state index contributed by atoms with van der Waals surface area (Å²) >= 11 is 0. The van der Waals surface area contributed by atoms with E-state index in [1.165, 1.54) is 20.6 Å². The van der Waals surface area contributed by atoms with Crippen molar-refractivity contribution in [3.63, 3.8) is 0 Å². The molecule has 9 atom stereocenters. The Hall–Kier alpha value is 0.510. The SMILES string of the molecule is CO[C@@H]1OC(C)[C@H](O[C@@H]2O[CH-]C(C)C(O)[C@H]2O)[C@@H](S(=O)(=O)O[O-])C1O.C[O-].[Na+].[OH-]. The average molecular weight is 457 g/mol. The first-order valence-corrected chi connectivity index (χ1v) is 9.44. The van der Waals surface area contributed by atoms with Crippen molar-refractivity contribution in [2.75, 3.05) is 14.2 Å². The third kappa shape index (κ3) is 7.27. The number of methoxy groups -OCH3 is 1. The van der Waals surface area contributed by atoms with Crippen LogP contribution in [0.3, 0.4) is 0 Å². The first-order valence-electron chi connectivity index (χ1n) is 7.96. The smallest absolute Gasteiger partial charge is 0.870 e. The summed E-state index contributed by atoms with van der Waals surface area (Å²) in [6.07, 6.45) is -9.66. The molecule has 0 saturated carbocycles. The second-order valence-corrected chi connectivity index (χ2v) is 7.71. The molecule has 13 nitrogen and oxygen atoms in total. The Labute approximate surface area is 191 Å². The van der Waals surface area contributed by atoms with E-state index >= 15 is 0 Å². The van der Waals surface area contributed by atoms with Crippen LogP contribution in [-0.2, 0) is 33.4 Å². The molecule has 0 aliphatic carbocycles. The number of aliphatic hydroxyl groups is 3. The van der Waals surface area contributed by atoms with Crippen LogP contribution in [-0.4, -0.2) is 91.8 Å². The van der Waals surface area contributed by atoms with Gasteiger partial charge in [0.15, 0.2) is 12.6 Å². The first-order chi connectivity index (χ1) is 12.6. The Balaban J connectivity index is 0. The third-order valence-electron chi connectivity index (χ3n) is 4.30. The van der Waals surface area contributed by atoms with Gasteiger partial charge in [-0.05, 0) is 6.92 Å². The zero-order chi connectivity index (χ0) is 20.9. The molecule has 0 amide bonds. The van der Waals surface area contributed by atoms with Crippen molar-refractivity contribution in [1.29, 1.82) is 0 Å². The van der Waals surface area contributed by atoms with Crippen LogP contribution in [0.25, 0.3) is 0 Å². The molecule has 4 unspecified atom stereocenters. The molecular weight excluding hydrogens is 431 g/mol. The summed E-state index contributed by atoms with van der Waals surface area (Å²) in [6.45, 7) is 4.26. The zero-order valence-corrected chi connectivity index (χ0v) is 19.5. The van der Waals surface area contributed by atoms with Gasteiger partial charge < -0.3 is 54.4 Å². The average Bonchev–Trinajstić information content (AvgIpc) is 2.66. The number of aliphatic hydroxyl groups excluding tert-OH is 3. The van der Waals surface area contributed by atoms with E-state index in [9.17, 15) is 29.0 Å². The van der Waals surface area contributed by atoms with Gasteiger partial charge in [0.25, 0.3) is 10.1 Å². The Morgan fingerprint density at radius 3 is 2.07 bits per heavy atom. The predicted molar refractivity (Wildman–Crippen MR) is 84.2 cm³/mol. The fraction of sp³-hybridized carbons (Fsp3) is 0.929. The predicted octanol–water partition coefficient (Wildman–Crippen LogP) is -7.21. The third-order valence-corrected chi connectivity index (χ3v) is 5.70. The van der Waals surface area contributed by atoms with Gasteiger partial charge in [-0.25, -0.2) is 6.61 Å². The van der Waals surface area contributed by atoms with E-state index in [1.54, 1.807) is 6.92 Å². The van der Waals surface area contributed by atoms with Crippen molar-refractivity contribution in [3.05, 3.63) is 6.61 Å². The van der Waals surface area contributed by atoms with Gasteiger partial charge in [-0.15, -0.1) is 5.92 Å². The molecule has 2 aliphatic heterocycles. The maximum absolute atomic E-state index is 12.0. The molecule has 4 N–H and O–H groups in total. The van der Waals surface area contributed by atoms with Gasteiger partial charge >= 0.3 is 29.6 Å². The molecule has 0 radical (unpaired) electrons. The second kappa shape index (κ2) is 13.8. The summed E-state index contributed by atoms with van der Waals surface area (Å²) in [5.41, 5.74) is 0. The fourth-order valence-corrected chi connectivity index (χ4v) is 4.03. The van der Waals surface area contributed by atoms with E-state index < -0.39 is 64.4 Å². The molecule has 2 heterocycles. The van der Waals surface area contributed by atoms with Crippen LogP contribution < -0.4 is 39.9 Å². The zero-order valence-electron chi connectivity index (χ0n) is 16.6. The van der Waals surface area contributed by atoms with Crippen molar-refractivity contribution in [2.24, 2.45) is 5.92 Å². The Morgan fingerprint density at radius 2 is 1.59 bits per heavy atom. The van der Waals surface area contributed by atoms with E-state index in [0.717, 1.165) is 7.11 Å². The van der Waals surface area contributed by atoms with Crippen LogP contribution in [0, 0.1) is 12.5 Å². The quantitative estimate of drug-likeness (QED) is 0.151. The van der Waals surface area contributed by atoms with Gasteiger partial charge in [-0.2, -0.15) is 15.5 Å². The van der Waals surface area contributed by atoms with E-state index in [4.69, 9.17) is 24.1 Å². The molecule has 2 aliphatic rings. The fourth-order valence-electron chi connectivity index (χ4n) is 2.85. The van der Waals surface area contributed by atoms with Gasteiger partial charge in [0.05, 0.1) is 12.2 Å². The van der Waals surface area contributed by atoms with E-state index in [-0.39, 0.29) is 35.0 Å². The van der Waals surface area contributed by atoms with Crippen molar-refractivity contribution < 1.29 is 92.4 Å². The molecule has 2 rings (SSSR count). The standard InChI is InChI=1S/C13H23O11S.CH3O.Na.H2O/c1-5-4-21-13(8(15)7(5)14)23-10-6(2)22-12(20-3)9(16)11(10)25(18,19)24-17;1-2;;/h4-17H,1-3H3;1H3;;1H2/q2*-1;+1;/p-2/t5?,6?,7?,8-,9?,10+,11+,12-,13+;;;/m1.../s1. The molecule has 0 aromatic carbocycles. The monoisotopic (exact) mass is 457 g/mol. The van der Waals surface area contributed by atoms with Crippen LogP contribution in [0.1, 0.15) is 13.8 Å². The van der Waals surface area contributed by atoms with Crippen molar-refractivity contribution in [1.82, 2.24) is 0 Å². The Kier molecular flexibility index (Phi) is 15.1. The van der Waals surface area contributed by atoms with E-state index in [2.05, 4.69) is 4.33 Å². The minimum atomic E-state index is -4.79. The van der Waals surface area contributed by atoms with Crippen molar-refractivity contribution >= 4 is 10.1 Å². The second-order valence-electron chi connectivity index (χ2n) is 6.04. The molecule has 0 aromatic rings. The summed E-state index contributed by atoms with van der Waals surface area (Å²) in [6, 6.07) is 0. The molecule has 0 bridgehead atoms. The summed E-state index contributed by atoms with van der Waals surface area (Å²) in [7, 11) is -2.85. The Bertz CT molecular complexity index is 550. The van der Waals surface area contributed by atoms with E-state index in [0.29, 0.717) is 0 Å². The minimum Gasteiger partial charge on any atom is -0.870 e. The topological polar surface area (TPSA) is 217 Å². The number of hydrogen-bond acceptors (Lipinski definition) is 13. The van der Waals surface area contributed by atoms with Gasteiger partial charge in [-0.3, -0.25) is 0 Å². The van der Waals surface area contributed by atoms with Crippen LogP contribution in [0.2, 0.25) is 0 Å². The number of hydrogen-bond donors (Lipinski definition) is 3. The van der Waals surface area contributed by atoms with E-state index in [1.807, 2.05) is 0 Å². The molecule has 0 spiro atoms. The summed E-state index contributed by atoms with van der Waals surface area (Å²) in [5, 5.41) is 47.1. The molecule has 15 heteroatoms. The maximum Gasteiger partial charge on any atom is 1.00 e. The van der Waals surface area contributed by atoms with Gasteiger partial charge in [0, 0.05) is 7.11 Å². The molecule has 2 saturated heterocycles. The van der Waals surface area contributed by atoms with Crippen molar-refractivity contribution in [2.45, 2.75) is 62.2 Å². The molecule has 0 aromatic heterocycles. The van der Waals surface area contributed by atoms with Crippen LogP contribution in [0.4, 0.5) is 0 Å². The normalized spacial score (nSPS) is 40.0. The Morgan fingerprint density at radius 1 is 1.03 bits per heavy atom. The molecule has 29 heavy (non-hydrogen) atoms. The maximum atomic E-state index is 12.0. The van der Waals surface area contributed by atoms with Crippen molar-refractivity contribution in [3.8, 4) is 0 Å². The van der Waals surface area contributed by atoms with Crippen LogP contribution in [0.15, 0.2) is 0 Å². The molecular formula is C14H26NaO13S-3. The largest absolute Gasteiger partial charge is 1.00 e. The summed E-state index contributed by atoms with van der Waals surface area (Å²) in [4.78, 5) is 0. The first kappa shape index (κ1) is 31.7. The number of rotatable bonds is 5.